The Kier molecular flexibility index (Phi) is 17.0. The number of phosphoric ester groups is 3. The molecule has 0 amide bonds. The van der Waals surface area contributed by atoms with E-state index < -0.39 is 148 Å². The molecule has 4 aliphatic rings. The van der Waals surface area contributed by atoms with Crippen molar-refractivity contribution in [3.05, 3.63) is 49.8 Å². The molecule has 3 fully saturated rings. The molecule has 77 heavy (non-hydrogen) atoms. The molecule has 7 unspecified atom stereocenters. The molecule has 0 radical (unpaired) electrons. The van der Waals surface area contributed by atoms with Gasteiger partial charge in [-0.1, -0.05) is 0 Å². The lowest BCUT2D eigenvalue weighted by atomic mass is 10.1. The van der Waals surface area contributed by atoms with Gasteiger partial charge in [-0.25, -0.2) is 23.0 Å². The first kappa shape index (κ1) is 58.5. The summed E-state index contributed by atoms with van der Waals surface area (Å²) < 4.78 is 117. The number of fused-ring (bicyclic) bond motifs is 2. The maximum atomic E-state index is 13.8. The topological polar surface area (TPSA) is 538 Å². The number of imidazole rings is 1. The van der Waals surface area contributed by atoms with Gasteiger partial charge in [-0.05, 0) is 19.9 Å². The first-order valence-electron chi connectivity index (χ1n) is 22.3. The van der Waals surface area contributed by atoms with Crippen molar-refractivity contribution in [2.24, 2.45) is 0 Å². The molecule has 428 valence electrons. The second-order valence-corrected chi connectivity index (χ2v) is 23.3. The number of hydrogen-bond donors (Lipinski definition) is 8. The molecule has 4 aliphatic heterocycles. The molecule has 3 saturated heterocycles. The van der Waals surface area contributed by atoms with Crippen LogP contribution in [0.1, 0.15) is 26.3 Å². The third kappa shape index (κ3) is 12.7. The van der Waals surface area contributed by atoms with Gasteiger partial charge >= 0.3 is 13.5 Å². The molecule has 0 aliphatic carbocycles. The second kappa shape index (κ2) is 22.4. The van der Waals surface area contributed by atoms with E-state index in [9.17, 15) is 62.4 Å². The predicted octanol–water partition coefficient (Wildman–Crippen LogP) is -4.84. The molecule has 0 saturated carbocycles. The molecule has 4 aromatic rings. The Hall–Kier alpha value is -4.69. The van der Waals surface area contributed by atoms with Gasteiger partial charge in [-0.15, -0.1) is 0 Å². The zero-order valence-corrected chi connectivity index (χ0v) is 44.1. The van der Waals surface area contributed by atoms with Crippen LogP contribution >= 0.6 is 31.3 Å². The lowest BCUT2D eigenvalue weighted by Gasteiger charge is -2.35. The van der Waals surface area contributed by atoms with Gasteiger partial charge < -0.3 is 94.3 Å². The largest absolute Gasteiger partial charge is 0.756 e. The van der Waals surface area contributed by atoms with Crippen LogP contribution in [-0.4, -0.2) is 169 Å². The molecule has 0 bridgehead atoms. The molecule has 0 aromatic carbocycles. The van der Waals surface area contributed by atoms with Crippen LogP contribution in [-0.2, 0) is 73.4 Å². The average Bonchev–Trinajstić information content (AvgIpc) is 4.14. The number of aromatic nitrogens is 8. The molecule has 0 spiro atoms. The fraction of sp³-hybridized carbons (Fsp3) is 0.629. The Morgan fingerprint density at radius 3 is 1.94 bits per heavy atom. The number of nitrogen functional groups attached to an aromatic ring is 3. The van der Waals surface area contributed by atoms with E-state index in [-0.39, 0.29) is 47.1 Å². The van der Waals surface area contributed by atoms with Crippen molar-refractivity contribution in [1.82, 2.24) is 39.0 Å². The van der Waals surface area contributed by atoms with E-state index in [1.54, 1.807) is 13.8 Å². The van der Waals surface area contributed by atoms with E-state index in [1.165, 1.54) is 21.4 Å². The quantitative estimate of drug-likeness (QED) is 0.0342. The van der Waals surface area contributed by atoms with Gasteiger partial charge in [0.05, 0.1) is 38.9 Å². The van der Waals surface area contributed by atoms with E-state index in [2.05, 4.69) is 43.0 Å². The predicted molar refractivity (Wildman–Crippen MR) is 248 cm³/mol. The molecule has 8 heterocycles. The highest BCUT2D eigenvalue weighted by Gasteiger charge is 2.53. The summed E-state index contributed by atoms with van der Waals surface area (Å²) in [5.74, 6) is -0.838. The van der Waals surface area contributed by atoms with Gasteiger partial charge in [-0.2, -0.15) is 15.0 Å². The third-order valence-electron chi connectivity index (χ3n) is 11.8. The number of anilines is 5. The molecular weight excluding hydrogens is 1130 g/mol. The first-order chi connectivity index (χ1) is 36.0. The fourth-order valence-electron chi connectivity index (χ4n) is 8.73. The van der Waals surface area contributed by atoms with Crippen molar-refractivity contribution in [3.63, 3.8) is 0 Å². The van der Waals surface area contributed by atoms with Crippen molar-refractivity contribution < 1.29 is 103 Å². The lowest BCUT2D eigenvalue weighted by Crippen LogP contribution is -2.46. The monoisotopic (exact) mass is 1180 g/mol. The van der Waals surface area contributed by atoms with Gasteiger partial charge in [0.2, 0.25) is 11.9 Å². The van der Waals surface area contributed by atoms with Crippen molar-refractivity contribution in [1.29, 1.82) is 0 Å². The van der Waals surface area contributed by atoms with Crippen LogP contribution in [0.3, 0.4) is 0 Å². The average molecular weight is 1180 g/mol. The number of phosphoric acid groups is 4. The molecule has 42 heteroatoms. The van der Waals surface area contributed by atoms with Crippen LogP contribution in [0.5, 0.6) is 0 Å². The number of ether oxygens (including phenoxy) is 6. The van der Waals surface area contributed by atoms with Crippen LogP contribution < -0.4 is 58.5 Å². The Labute approximate surface area is 431 Å². The Bertz CT molecular complexity index is 3200. The number of hydrogen-bond acceptors (Lipinski definition) is 33. The summed E-state index contributed by atoms with van der Waals surface area (Å²) in [4.78, 5) is 111. The number of nitrogens with one attached hydrogen (secondary N) is 2. The summed E-state index contributed by atoms with van der Waals surface area (Å²) in [6.07, 6.45) is -17.2. The van der Waals surface area contributed by atoms with E-state index in [4.69, 9.17) is 59.2 Å². The minimum atomic E-state index is -6.56. The van der Waals surface area contributed by atoms with E-state index >= 15 is 0 Å². The molecular formula is C35H50N13O25P4-3. The van der Waals surface area contributed by atoms with Crippen molar-refractivity contribution in [3.8, 4) is 0 Å². The Morgan fingerprint density at radius 2 is 1.31 bits per heavy atom. The molecule has 4 aromatic heterocycles. The number of aliphatic hydroxyl groups is 2. The zero-order chi connectivity index (χ0) is 56.3. The summed E-state index contributed by atoms with van der Waals surface area (Å²) >= 11 is 0. The first-order valence-corrected chi connectivity index (χ1v) is 28.2. The van der Waals surface area contributed by atoms with Crippen LogP contribution in [0.2, 0.25) is 0 Å². The fourth-order valence-corrected chi connectivity index (χ4v) is 13.1. The van der Waals surface area contributed by atoms with E-state index in [0.717, 1.165) is 37.4 Å². The zero-order valence-electron chi connectivity index (χ0n) is 40.5. The number of rotatable bonds is 22. The number of H-pyrrole nitrogens is 2. The van der Waals surface area contributed by atoms with E-state index in [0.29, 0.717) is 0 Å². The number of aromatic amines is 2. The van der Waals surface area contributed by atoms with Crippen LogP contribution in [0.25, 0.3) is 11.2 Å². The van der Waals surface area contributed by atoms with Crippen LogP contribution in [0.15, 0.2) is 33.0 Å². The summed E-state index contributed by atoms with van der Waals surface area (Å²) in [5, 5.41) is 22.5. The van der Waals surface area contributed by atoms with Gasteiger partial charge in [0, 0.05) is 27.5 Å². The maximum absolute atomic E-state index is 13.8. The highest BCUT2D eigenvalue weighted by atomic mass is 31.3. The summed E-state index contributed by atoms with van der Waals surface area (Å²) in [5.41, 5.74) is 14.4. The van der Waals surface area contributed by atoms with Crippen LogP contribution in [0, 0.1) is 0 Å². The van der Waals surface area contributed by atoms with Crippen molar-refractivity contribution in [2.75, 3.05) is 74.8 Å². The minimum absolute atomic E-state index is 0.0137. The maximum Gasteiger partial charge on any atom is 0.472 e. The Balaban J connectivity index is 0.932. The molecule has 8 rings (SSSR count). The highest BCUT2D eigenvalue weighted by Crippen LogP contribution is 2.63. The summed E-state index contributed by atoms with van der Waals surface area (Å²) in [7, 11) is -20.8. The number of methoxy groups -OCH3 is 2. The van der Waals surface area contributed by atoms with Crippen LogP contribution in [0.4, 0.5) is 29.2 Å². The number of nitrogens with two attached hydrogens (primary N) is 3. The minimum Gasteiger partial charge on any atom is -0.756 e. The van der Waals surface area contributed by atoms with Gasteiger partial charge in [-0.3, -0.25) is 51.4 Å². The van der Waals surface area contributed by atoms with Crippen molar-refractivity contribution in [2.45, 2.75) is 93.6 Å². The second-order valence-electron chi connectivity index (χ2n) is 17.4. The van der Waals surface area contributed by atoms with Gasteiger partial charge in [0.15, 0.2) is 35.7 Å². The molecule has 16 atom stereocenters. The van der Waals surface area contributed by atoms with E-state index in [1.807, 2.05) is 0 Å². The van der Waals surface area contributed by atoms with Gasteiger partial charge in [0.25, 0.3) is 34.6 Å². The Morgan fingerprint density at radius 1 is 0.753 bits per heavy atom. The summed E-state index contributed by atoms with van der Waals surface area (Å²) in [6, 6.07) is 1.14. The standard InChI is InChI=1S/C35H53N13O25P4/c1-13(2)67-23-15(69-30(21(23)50)47-11-39-18-26(47)41-33(37)43-28(18)51)9-64-74(54,55)71-24-16(70-32(25(24)63-5)46-7-6-17(36)40-35(46)53)10-66-76(58,59)73-77(60,61)72-75(56,57)65-8-14-22(62-4)20(49)31(68-14)48-12-45(3)19-27(48)42-34(38)44-29(19)52/h6-7,11,13-16,20-25,30-32,49-50H,8-10,12H2,1-5H3,(H,54,55)(H,56,57)(H,58,59)(H,60,61)(H2,36,40,53)(H3,37,41,43,51)(H3,38,42,44,52)/p-3/t14-,15-,16-,20?,21+,22+,23?,24?,25+,30-,31-,32-/m1/s1. The number of aliphatic hydroxyl groups excluding tert-OH is 2. The normalized spacial score (nSPS) is 30.6. The number of nitrogens with zero attached hydrogens (tertiary/aromatic N) is 8. The van der Waals surface area contributed by atoms with Gasteiger partial charge in [0.1, 0.15) is 66.4 Å². The third-order valence-corrected chi connectivity index (χ3v) is 16.9. The van der Waals surface area contributed by atoms with Crippen molar-refractivity contribution >= 4 is 71.7 Å². The molecule has 11 N–H and O–H groups in total. The SMILES string of the molecule is CO[C@@H]1C(O)[C@H](N2CN(C)c3c2nc(N)[nH]c3=O)O[C@@H]1COP(=O)([O-])OP(=O)([O-])OP(=O)([O-])OC[C@H]1O[C@@H](n2ccc(N)nc2=O)[C@@H](OC)C1OP(=O)(O)OC[C@H]1O[C@@H](n2cnc3c(=O)[nH]c(N)nc32)[C@@H](O)C1OC(C)C. The smallest absolute Gasteiger partial charge is 0.472 e. The summed E-state index contributed by atoms with van der Waals surface area (Å²) in [6.45, 7) is -0.281. The lowest BCUT2D eigenvalue weighted by molar-refractivity contribution is -0.252. The highest BCUT2D eigenvalue weighted by molar-refractivity contribution is 7.65. The molecule has 38 nitrogen and oxygen atoms in total.